The van der Waals surface area contributed by atoms with Crippen LogP contribution in [-0.4, -0.2) is 31.1 Å². The maximum Gasteiger partial charge on any atom is 0.214 e. The lowest BCUT2D eigenvalue weighted by atomic mass is 9.96. The zero-order chi connectivity index (χ0) is 8.77. The van der Waals surface area contributed by atoms with Crippen molar-refractivity contribution in [1.29, 1.82) is 0 Å². The molecular formula is C8H15NO2S. The van der Waals surface area contributed by atoms with E-state index in [-0.39, 0.29) is 5.75 Å². The molecule has 2 aliphatic rings. The molecule has 1 saturated carbocycles. The summed E-state index contributed by atoms with van der Waals surface area (Å²) < 4.78 is 24.6. The second-order valence-electron chi connectivity index (χ2n) is 3.73. The first kappa shape index (κ1) is 8.51. The highest BCUT2D eigenvalue weighted by Gasteiger charge is 2.46. The normalized spacial score (nSPS) is 36.1. The van der Waals surface area contributed by atoms with Gasteiger partial charge in [-0.2, -0.15) is 4.31 Å². The zero-order valence-electron chi connectivity index (χ0n) is 7.36. The van der Waals surface area contributed by atoms with E-state index in [1.807, 2.05) is 0 Å². The molecule has 2 atom stereocenters. The Balaban J connectivity index is 2.09. The van der Waals surface area contributed by atoms with Gasteiger partial charge in [-0.25, -0.2) is 8.42 Å². The van der Waals surface area contributed by atoms with Gasteiger partial charge < -0.3 is 0 Å². The molecule has 0 spiro atoms. The summed E-state index contributed by atoms with van der Waals surface area (Å²) in [6, 6.07) is 0.370. The molecule has 0 radical (unpaired) electrons. The fourth-order valence-corrected chi connectivity index (χ4v) is 3.76. The molecule has 4 heteroatoms. The van der Waals surface area contributed by atoms with Gasteiger partial charge in [-0.1, -0.05) is 6.42 Å². The molecule has 2 unspecified atom stereocenters. The highest BCUT2D eigenvalue weighted by Crippen LogP contribution is 2.40. The zero-order valence-corrected chi connectivity index (χ0v) is 8.18. The minimum absolute atomic E-state index is 0.260. The summed E-state index contributed by atoms with van der Waals surface area (Å²) >= 11 is 0. The Hall–Kier alpha value is -0.0900. The van der Waals surface area contributed by atoms with Crippen molar-refractivity contribution in [3.63, 3.8) is 0 Å². The summed E-state index contributed by atoms with van der Waals surface area (Å²) in [7, 11) is -2.88. The molecule has 1 heterocycles. The van der Waals surface area contributed by atoms with Crippen LogP contribution in [0.3, 0.4) is 0 Å². The molecule has 0 N–H and O–H groups in total. The van der Waals surface area contributed by atoms with Crippen molar-refractivity contribution in [1.82, 2.24) is 4.31 Å². The Bertz CT molecular complexity index is 273. The number of fused-ring (bicyclic) bond motifs is 1. The first-order chi connectivity index (χ1) is 5.65. The average Bonchev–Trinajstić information content (AvgIpc) is 2.32. The smallest absolute Gasteiger partial charge is 0.212 e. The summed E-state index contributed by atoms with van der Waals surface area (Å²) in [6.07, 6.45) is 3.54. The van der Waals surface area contributed by atoms with Gasteiger partial charge in [-0.3, -0.25) is 0 Å². The molecule has 1 aliphatic heterocycles. The number of hydrogen-bond donors (Lipinski definition) is 0. The summed E-state index contributed by atoms with van der Waals surface area (Å²) in [6.45, 7) is 2.51. The third-order valence-electron chi connectivity index (χ3n) is 3.13. The summed E-state index contributed by atoms with van der Waals surface area (Å²) in [5.41, 5.74) is 0. The summed E-state index contributed by atoms with van der Waals surface area (Å²) in [5.74, 6) is 0.947. The quantitative estimate of drug-likeness (QED) is 0.645. The second kappa shape index (κ2) is 2.70. The van der Waals surface area contributed by atoms with E-state index in [1.54, 1.807) is 11.2 Å². The van der Waals surface area contributed by atoms with Gasteiger partial charge in [-0.15, -0.1) is 0 Å². The lowest BCUT2D eigenvalue weighted by Crippen LogP contribution is -2.56. The largest absolute Gasteiger partial charge is 0.214 e. The second-order valence-corrected chi connectivity index (χ2v) is 5.94. The Morgan fingerprint density at radius 1 is 1.42 bits per heavy atom. The van der Waals surface area contributed by atoms with Gasteiger partial charge in [-0.05, 0) is 25.7 Å². The molecule has 0 aromatic rings. The third-order valence-corrected chi connectivity index (χ3v) is 4.99. The molecule has 2 rings (SSSR count). The van der Waals surface area contributed by atoms with E-state index in [1.165, 1.54) is 12.8 Å². The van der Waals surface area contributed by atoms with Gasteiger partial charge in [0.2, 0.25) is 10.0 Å². The minimum atomic E-state index is -2.88. The monoisotopic (exact) mass is 189 g/mol. The van der Waals surface area contributed by atoms with Crippen molar-refractivity contribution in [2.75, 3.05) is 12.3 Å². The van der Waals surface area contributed by atoms with Gasteiger partial charge in [0.1, 0.15) is 0 Å². The van der Waals surface area contributed by atoms with E-state index >= 15 is 0 Å². The minimum Gasteiger partial charge on any atom is -0.212 e. The number of rotatable bonds is 2. The predicted octanol–water partition coefficient (Wildman–Crippen LogP) is 0.820. The molecule has 70 valence electrons. The van der Waals surface area contributed by atoms with Crippen molar-refractivity contribution in [3.05, 3.63) is 0 Å². The average molecular weight is 189 g/mol. The van der Waals surface area contributed by atoms with Crippen LogP contribution in [0.15, 0.2) is 0 Å². The first-order valence-corrected chi connectivity index (χ1v) is 6.25. The van der Waals surface area contributed by atoms with Crippen LogP contribution in [-0.2, 0) is 10.0 Å². The maximum atomic E-state index is 11.5. The van der Waals surface area contributed by atoms with E-state index in [0.717, 1.165) is 13.0 Å². The van der Waals surface area contributed by atoms with E-state index in [4.69, 9.17) is 0 Å². The summed E-state index contributed by atoms with van der Waals surface area (Å²) in [4.78, 5) is 0. The number of nitrogens with zero attached hydrogens (tertiary/aromatic N) is 1. The molecule has 2 fully saturated rings. The highest BCUT2D eigenvalue weighted by molar-refractivity contribution is 7.89. The Labute approximate surface area is 73.8 Å². The van der Waals surface area contributed by atoms with Crippen LogP contribution in [0.4, 0.5) is 0 Å². The third kappa shape index (κ3) is 1.09. The van der Waals surface area contributed by atoms with Crippen molar-refractivity contribution < 1.29 is 8.42 Å². The lowest BCUT2D eigenvalue weighted by molar-refractivity contribution is 0.131. The molecule has 0 bridgehead atoms. The fraction of sp³-hybridized carbons (Fsp3) is 1.00. The van der Waals surface area contributed by atoms with Crippen LogP contribution in [0, 0.1) is 5.92 Å². The first-order valence-electron chi connectivity index (χ1n) is 4.64. The lowest BCUT2D eigenvalue weighted by Gasteiger charge is -2.42. The van der Waals surface area contributed by atoms with Crippen LogP contribution < -0.4 is 0 Å². The van der Waals surface area contributed by atoms with E-state index < -0.39 is 10.0 Å². The van der Waals surface area contributed by atoms with Crippen LogP contribution in [0.2, 0.25) is 0 Å². The Morgan fingerprint density at radius 2 is 2.17 bits per heavy atom. The van der Waals surface area contributed by atoms with Gasteiger partial charge in [0, 0.05) is 12.6 Å². The molecule has 3 nitrogen and oxygen atoms in total. The molecule has 1 saturated heterocycles. The van der Waals surface area contributed by atoms with Gasteiger partial charge >= 0.3 is 0 Å². The predicted molar refractivity (Wildman–Crippen MR) is 47.3 cm³/mol. The standard InChI is InChI=1S/C8H15NO2S/c1-2-12(10,11)9-6-7-4-3-5-8(7)9/h7-8H,2-6H2,1H3. The SMILES string of the molecule is CCS(=O)(=O)N1CC2CCCC21. The molecule has 0 amide bonds. The molecule has 0 aromatic heterocycles. The topological polar surface area (TPSA) is 37.4 Å². The molecule has 1 aliphatic carbocycles. The molecule has 12 heavy (non-hydrogen) atoms. The van der Waals surface area contributed by atoms with Crippen molar-refractivity contribution >= 4 is 10.0 Å². The van der Waals surface area contributed by atoms with Crippen molar-refractivity contribution in [3.8, 4) is 0 Å². The van der Waals surface area contributed by atoms with Crippen LogP contribution >= 0.6 is 0 Å². The van der Waals surface area contributed by atoms with Gasteiger partial charge in [0.25, 0.3) is 0 Å². The Kier molecular flexibility index (Phi) is 1.92. The fourth-order valence-electron chi connectivity index (χ4n) is 2.32. The maximum absolute atomic E-state index is 11.5. The van der Waals surface area contributed by atoms with Gasteiger partial charge in [0.05, 0.1) is 5.75 Å². The Morgan fingerprint density at radius 3 is 2.75 bits per heavy atom. The summed E-state index contributed by atoms with van der Waals surface area (Å²) in [5, 5.41) is 0. The molecule has 0 aromatic carbocycles. The highest BCUT2D eigenvalue weighted by atomic mass is 32.2. The van der Waals surface area contributed by atoms with Crippen LogP contribution in [0.1, 0.15) is 26.2 Å². The van der Waals surface area contributed by atoms with Gasteiger partial charge in [0.15, 0.2) is 0 Å². The van der Waals surface area contributed by atoms with E-state index in [0.29, 0.717) is 12.0 Å². The van der Waals surface area contributed by atoms with E-state index in [9.17, 15) is 8.42 Å². The van der Waals surface area contributed by atoms with Crippen molar-refractivity contribution in [2.24, 2.45) is 5.92 Å². The van der Waals surface area contributed by atoms with Crippen LogP contribution in [0.5, 0.6) is 0 Å². The number of sulfonamides is 1. The molecular weight excluding hydrogens is 174 g/mol. The van der Waals surface area contributed by atoms with Crippen LogP contribution in [0.25, 0.3) is 0 Å². The number of hydrogen-bond acceptors (Lipinski definition) is 2. The van der Waals surface area contributed by atoms with E-state index in [2.05, 4.69) is 0 Å². The van der Waals surface area contributed by atoms with Crippen molar-refractivity contribution in [2.45, 2.75) is 32.2 Å².